The molecule has 226 valence electrons. The lowest BCUT2D eigenvalue weighted by molar-refractivity contribution is 0.0928. The molecule has 2 aliphatic rings. The Morgan fingerprint density at radius 3 is 1.17 bits per heavy atom. The van der Waals surface area contributed by atoms with Gasteiger partial charge in [-0.25, -0.2) is 19.9 Å². The third-order valence-electron chi connectivity index (χ3n) is 9.38. The molecule has 0 radical (unpaired) electrons. The molecule has 8 nitrogen and oxygen atoms in total. The predicted octanol–water partition coefficient (Wildman–Crippen LogP) is 7.33. The summed E-state index contributed by atoms with van der Waals surface area (Å²) in [5, 5.41) is 10.4. The zero-order valence-electron chi connectivity index (χ0n) is 25.4. The van der Waals surface area contributed by atoms with Gasteiger partial charge in [0.1, 0.15) is 0 Å². The lowest BCUT2D eigenvalue weighted by Gasteiger charge is -2.09. The molecule has 2 N–H and O–H groups in total. The first-order valence-electron chi connectivity index (χ1n) is 15.9. The number of aromatic nitrogens is 4. The van der Waals surface area contributed by atoms with Crippen molar-refractivity contribution in [2.75, 3.05) is 13.1 Å². The number of nitrogens with one attached hydrogen (secondary N) is 2. The normalized spacial score (nSPS) is 12.1. The first-order chi connectivity index (χ1) is 23.6. The van der Waals surface area contributed by atoms with Crippen LogP contribution >= 0.6 is 0 Å². The predicted molar refractivity (Wildman–Crippen MR) is 188 cm³/mol. The minimum absolute atomic E-state index is 0.246. The molecule has 0 spiro atoms. The lowest BCUT2D eigenvalue weighted by atomic mass is 10.0. The quantitative estimate of drug-likeness (QED) is 0.195. The van der Waals surface area contributed by atoms with Crippen molar-refractivity contribution in [1.29, 1.82) is 0 Å². The van der Waals surface area contributed by atoms with Crippen LogP contribution in [0.1, 0.15) is 20.7 Å². The monoisotopic (exact) mass is 620 g/mol. The van der Waals surface area contributed by atoms with Crippen LogP contribution in [0.4, 0.5) is 0 Å². The summed E-state index contributed by atoms with van der Waals surface area (Å²) in [6.45, 7) is 0.526. The third kappa shape index (κ3) is 3.89. The molecule has 0 saturated carbocycles. The fourth-order valence-electron chi connectivity index (χ4n) is 7.17. The van der Waals surface area contributed by atoms with E-state index in [0.717, 1.165) is 77.6 Å². The molecule has 0 fully saturated rings. The van der Waals surface area contributed by atoms with Crippen molar-refractivity contribution in [1.82, 2.24) is 30.6 Å². The van der Waals surface area contributed by atoms with Gasteiger partial charge in [0.25, 0.3) is 11.8 Å². The molecule has 48 heavy (non-hydrogen) atoms. The first kappa shape index (κ1) is 26.7. The number of nitrogens with zero attached hydrogens (tertiary/aromatic N) is 4. The van der Waals surface area contributed by atoms with Gasteiger partial charge in [-0.1, -0.05) is 72.8 Å². The molecule has 2 amide bonds. The minimum atomic E-state index is -0.246. The summed E-state index contributed by atoms with van der Waals surface area (Å²) in [5.74, 6) is -0.491. The number of carbonyl (C=O) groups is 2. The van der Waals surface area contributed by atoms with Crippen molar-refractivity contribution in [2.45, 2.75) is 0 Å². The zero-order valence-corrected chi connectivity index (χ0v) is 25.4. The minimum Gasteiger partial charge on any atom is -0.350 e. The van der Waals surface area contributed by atoms with Gasteiger partial charge < -0.3 is 10.6 Å². The van der Waals surface area contributed by atoms with Crippen LogP contribution in [0.25, 0.3) is 88.6 Å². The second-order valence-corrected chi connectivity index (χ2v) is 12.2. The van der Waals surface area contributed by atoms with Crippen LogP contribution in [0.3, 0.4) is 0 Å². The van der Waals surface area contributed by atoms with Crippen molar-refractivity contribution >= 4 is 55.4 Å². The second-order valence-electron chi connectivity index (χ2n) is 12.2. The Morgan fingerprint density at radius 2 is 0.792 bits per heavy atom. The molecule has 0 unspecified atom stereocenters. The van der Waals surface area contributed by atoms with E-state index in [-0.39, 0.29) is 24.9 Å². The molecule has 0 saturated heterocycles. The topological polar surface area (TPSA) is 110 Å². The molecule has 8 aromatic rings. The Balaban J connectivity index is 0.834. The van der Waals surface area contributed by atoms with E-state index in [1.54, 1.807) is 24.3 Å². The van der Waals surface area contributed by atoms with Gasteiger partial charge in [0, 0.05) is 57.2 Å². The summed E-state index contributed by atoms with van der Waals surface area (Å²) in [5.41, 5.74) is 11.4. The fraction of sp³-hybridized carbons (Fsp3) is 0.0500. The third-order valence-corrected chi connectivity index (χ3v) is 9.38. The molecule has 0 bridgehead atoms. The van der Waals surface area contributed by atoms with Crippen molar-refractivity contribution < 1.29 is 9.59 Å². The van der Waals surface area contributed by atoms with Gasteiger partial charge in [-0.15, -0.1) is 0 Å². The molecule has 2 aromatic heterocycles. The van der Waals surface area contributed by atoms with E-state index < -0.39 is 0 Å². The van der Waals surface area contributed by atoms with Crippen LogP contribution in [-0.4, -0.2) is 44.8 Å². The zero-order chi connectivity index (χ0) is 31.9. The maximum Gasteiger partial charge on any atom is 0.251 e. The smallest absolute Gasteiger partial charge is 0.251 e. The van der Waals surface area contributed by atoms with Gasteiger partial charge in [-0.3, -0.25) is 9.59 Å². The molecule has 10 rings (SSSR count). The highest BCUT2D eigenvalue weighted by Crippen LogP contribution is 2.46. The van der Waals surface area contributed by atoms with Crippen molar-refractivity contribution in [3.63, 3.8) is 0 Å². The van der Waals surface area contributed by atoms with Gasteiger partial charge in [0.2, 0.25) is 0 Å². The average Bonchev–Trinajstić information content (AvgIpc) is 3.61. The number of amides is 2. The number of carbonyl (C=O) groups excluding carboxylic acids is 2. The molecular formula is C40H24N6O2. The lowest BCUT2D eigenvalue weighted by Crippen LogP contribution is -2.34. The summed E-state index contributed by atoms with van der Waals surface area (Å²) in [4.78, 5) is 45.9. The molecular weight excluding hydrogens is 596 g/mol. The first-order valence-corrected chi connectivity index (χ1v) is 15.9. The molecule has 6 aromatic carbocycles. The average molecular weight is 621 g/mol. The van der Waals surface area contributed by atoms with Crippen LogP contribution in [0.2, 0.25) is 0 Å². The van der Waals surface area contributed by atoms with Crippen molar-refractivity contribution in [3.8, 4) is 45.0 Å². The van der Waals surface area contributed by atoms with Gasteiger partial charge >= 0.3 is 0 Å². The summed E-state index contributed by atoms with van der Waals surface area (Å²) in [6.07, 6.45) is 0. The largest absolute Gasteiger partial charge is 0.350 e. The van der Waals surface area contributed by atoms with Crippen LogP contribution in [-0.2, 0) is 0 Å². The van der Waals surface area contributed by atoms with Crippen molar-refractivity contribution in [2.24, 2.45) is 0 Å². The van der Waals surface area contributed by atoms with Crippen LogP contribution in [0.15, 0.2) is 109 Å². The van der Waals surface area contributed by atoms with Crippen LogP contribution in [0, 0.1) is 0 Å². The number of benzene rings is 6. The highest BCUT2D eigenvalue weighted by molar-refractivity contribution is 6.15. The summed E-state index contributed by atoms with van der Waals surface area (Å²) < 4.78 is 0. The maximum atomic E-state index is 13.1. The fourth-order valence-corrected chi connectivity index (χ4v) is 7.17. The van der Waals surface area contributed by atoms with Gasteiger partial charge in [0.15, 0.2) is 0 Å². The Morgan fingerprint density at radius 1 is 0.438 bits per heavy atom. The Bertz CT molecular complexity index is 2540. The maximum absolute atomic E-state index is 13.1. The van der Waals surface area contributed by atoms with E-state index in [0.29, 0.717) is 22.2 Å². The SMILES string of the molecule is O=C(NCCNC(=O)c1ccc2nc3c(nc2c1)-c1cccc2cccc-3c12)c1ccc2nc3c(nc2c1)-c1cccc2cccc-3c12. The molecule has 0 aliphatic heterocycles. The second kappa shape index (κ2) is 9.98. The molecule has 2 aliphatic carbocycles. The van der Waals surface area contributed by atoms with E-state index in [1.165, 1.54) is 0 Å². The van der Waals surface area contributed by atoms with E-state index in [2.05, 4.69) is 59.2 Å². The summed E-state index contributed by atoms with van der Waals surface area (Å²) in [7, 11) is 0. The van der Waals surface area contributed by atoms with E-state index >= 15 is 0 Å². The molecule has 8 heteroatoms. The van der Waals surface area contributed by atoms with E-state index in [9.17, 15) is 9.59 Å². The van der Waals surface area contributed by atoms with Crippen molar-refractivity contribution in [3.05, 3.63) is 120 Å². The Kier molecular flexibility index (Phi) is 5.54. The van der Waals surface area contributed by atoms with Gasteiger partial charge in [-0.2, -0.15) is 0 Å². The summed E-state index contributed by atoms with van der Waals surface area (Å²) >= 11 is 0. The number of hydrogen-bond donors (Lipinski definition) is 2. The number of hydrogen-bond acceptors (Lipinski definition) is 6. The van der Waals surface area contributed by atoms with Gasteiger partial charge in [-0.05, 0) is 47.2 Å². The van der Waals surface area contributed by atoms with E-state index in [4.69, 9.17) is 19.9 Å². The standard InChI is InChI=1S/C40H24N6O2/c47-39(23-13-15-29-31(19-23)45-37-27-11-3-7-21-5-1-9-25(33(21)27)35(37)43-29)41-17-18-42-40(48)24-14-16-30-32(20-24)46-38-28-12-4-8-22-6-2-10-26(34(22)28)36(38)44-30/h1-16,19-20H,17-18H2,(H,41,47)(H,42,48). The Hall–Kier alpha value is -6.54. The van der Waals surface area contributed by atoms with Crippen LogP contribution < -0.4 is 10.6 Å². The van der Waals surface area contributed by atoms with Gasteiger partial charge in [0.05, 0.1) is 44.8 Å². The highest BCUT2D eigenvalue weighted by Gasteiger charge is 2.26. The summed E-state index contributed by atoms with van der Waals surface area (Å²) in [6, 6.07) is 35.5. The van der Waals surface area contributed by atoms with E-state index in [1.807, 2.05) is 36.4 Å². The highest BCUT2D eigenvalue weighted by atomic mass is 16.2. The van der Waals surface area contributed by atoms with Crippen LogP contribution in [0.5, 0.6) is 0 Å². The number of rotatable bonds is 5. The molecule has 2 heterocycles. The Labute approximate surface area is 273 Å². The number of fused-ring (bicyclic) bond motifs is 8. The molecule has 0 atom stereocenters.